The fourth-order valence-corrected chi connectivity index (χ4v) is 7.23. The summed E-state index contributed by atoms with van der Waals surface area (Å²) in [5, 5.41) is 4.28. The number of rotatable bonds is 10. The molecule has 5 rings (SSSR count). The molecule has 1 saturated heterocycles. The molecule has 44 heavy (non-hydrogen) atoms. The number of hydrogen-bond acceptors (Lipinski definition) is 6. The molecular formula is C35H45ClN4O4. The molecule has 2 aliphatic rings. The zero-order valence-corrected chi connectivity index (χ0v) is 26.9. The largest absolute Gasteiger partial charge is 0.443 e. The molecule has 0 bridgehead atoms. The second kappa shape index (κ2) is 14.3. The number of carbonyl (C=O) groups is 2. The second-order valence-electron chi connectivity index (χ2n) is 13.0. The van der Waals surface area contributed by atoms with Crippen LogP contribution in [0.2, 0.25) is 0 Å². The van der Waals surface area contributed by atoms with Gasteiger partial charge in [-0.15, -0.1) is 0 Å². The van der Waals surface area contributed by atoms with E-state index in [0.717, 1.165) is 60.8 Å². The van der Waals surface area contributed by atoms with E-state index in [0.29, 0.717) is 38.5 Å². The Labute approximate surface area is 265 Å². The van der Waals surface area contributed by atoms with Gasteiger partial charge in [-0.3, -0.25) is 14.5 Å². The number of piperazine rings is 1. The molecule has 1 aromatic heterocycles. The van der Waals surface area contributed by atoms with E-state index in [2.05, 4.69) is 22.3 Å². The van der Waals surface area contributed by atoms with E-state index in [1.807, 2.05) is 74.3 Å². The van der Waals surface area contributed by atoms with Crippen molar-refractivity contribution in [1.29, 1.82) is 0 Å². The molecule has 2 heterocycles. The highest BCUT2D eigenvalue weighted by Crippen LogP contribution is 2.36. The number of nitrogens with one attached hydrogen (secondary N) is 1. The van der Waals surface area contributed by atoms with Gasteiger partial charge in [-0.1, -0.05) is 61.4 Å². The van der Waals surface area contributed by atoms with Crippen molar-refractivity contribution in [1.82, 2.24) is 19.7 Å². The fraction of sp³-hybridized carbons (Fsp3) is 0.514. The minimum Gasteiger partial charge on any atom is -0.443 e. The van der Waals surface area contributed by atoms with Crippen molar-refractivity contribution >= 4 is 33.8 Å². The van der Waals surface area contributed by atoms with Crippen LogP contribution < -0.4 is 10.9 Å². The van der Waals surface area contributed by atoms with Gasteiger partial charge < -0.3 is 19.5 Å². The molecule has 1 aliphatic heterocycles. The fourth-order valence-electron chi connectivity index (χ4n) is 7.03. The molecule has 1 amide bonds. The van der Waals surface area contributed by atoms with Crippen LogP contribution in [0.5, 0.6) is 0 Å². The molecule has 2 aromatic carbocycles. The lowest BCUT2D eigenvalue weighted by Crippen LogP contribution is -2.53. The standard InChI is InChI=1S/C35H45ClN4O4/c1-35(2,22-25-10-9-14-28(20-25)32(36)41)44-34(43)40-19-18-39(31(24-40)26-11-5-4-6-12-26)17-16-37-23-29-21-27-13-7-8-15-30(27)38(3)33(29)42/h4-8,11-13,15,21,25,28,31,37H,9-10,14,16-20,22-24H2,1-3H3. The van der Waals surface area contributed by atoms with Gasteiger partial charge in [0, 0.05) is 57.8 Å². The third-order valence-corrected chi connectivity index (χ3v) is 9.59. The van der Waals surface area contributed by atoms with Crippen molar-refractivity contribution in [2.75, 3.05) is 32.7 Å². The highest BCUT2D eigenvalue weighted by molar-refractivity contribution is 6.63. The van der Waals surface area contributed by atoms with Gasteiger partial charge in [0.25, 0.3) is 5.56 Å². The highest BCUT2D eigenvalue weighted by Gasteiger charge is 2.36. The summed E-state index contributed by atoms with van der Waals surface area (Å²) in [5.41, 5.74) is 2.22. The maximum atomic E-state index is 13.4. The Morgan fingerprint density at radius 2 is 1.80 bits per heavy atom. The molecule has 0 spiro atoms. The van der Waals surface area contributed by atoms with E-state index in [4.69, 9.17) is 16.3 Å². The smallest absolute Gasteiger partial charge is 0.410 e. The second-order valence-corrected chi connectivity index (χ2v) is 13.4. The maximum absolute atomic E-state index is 13.4. The number of nitrogens with zero attached hydrogens (tertiary/aromatic N) is 3. The summed E-state index contributed by atoms with van der Waals surface area (Å²) in [6.45, 7) is 7.76. The van der Waals surface area contributed by atoms with Crippen molar-refractivity contribution in [3.63, 3.8) is 0 Å². The predicted octanol–water partition coefficient (Wildman–Crippen LogP) is 5.86. The first-order valence-electron chi connectivity index (χ1n) is 15.9. The van der Waals surface area contributed by atoms with Gasteiger partial charge in [-0.25, -0.2) is 4.79 Å². The lowest BCUT2D eigenvalue weighted by molar-refractivity contribution is -0.116. The minimum absolute atomic E-state index is 0.0178. The van der Waals surface area contributed by atoms with E-state index in [1.165, 1.54) is 0 Å². The number of amides is 1. The lowest BCUT2D eigenvalue weighted by atomic mass is 9.77. The van der Waals surface area contributed by atoms with Crippen LogP contribution in [0.4, 0.5) is 4.79 Å². The Hall–Kier alpha value is -3.20. The summed E-state index contributed by atoms with van der Waals surface area (Å²) in [7, 11) is 1.82. The zero-order valence-electron chi connectivity index (χ0n) is 26.1. The molecule has 3 aromatic rings. The van der Waals surface area contributed by atoms with Crippen LogP contribution in [0.1, 0.15) is 63.1 Å². The average Bonchev–Trinajstić information content (AvgIpc) is 3.01. The monoisotopic (exact) mass is 620 g/mol. The van der Waals surface area contributed by atoms with E-state index in [1.54, 1.807) is 4.57 Å². The molecule has 1 aliphatic carbocycles. The molecule has 8 nitrogen and oxygen atoms in total. The average molecular weight is 621 g/mol. The van der Waals surface area contributed by atoms with Gasteiger partial charge in [-0.05, 0) is 73.7 Å². The number of fused-ring (bicyclic) bond motifs is 1. The SMILES string of the molecule is Cn1c(=O)c(CNCCN2CCN(C(=O)OC(C)(C)CC3CCCC(C(=O)Cl)C3)CC2c2ccccc2)cc2ccccc21. The zero-order chi connectivity index (χ0) is 31.3. The van der Waals surface area contributed by atoms with E-state index in [-0.39, 0.29) is 28.9 Å². The molecule has 1 saturated carbocycles. The lowest BCUT2D eigenvalue weighted by Gasteiger charge is -2.42. The number of pyridine rings is 1. The molecule has 1 N–H and O–H groups in total. The topological polar surface area (TPSA) is 83.9 Å². The summed E-state index contributed by atoms with van der Waals surface area (Å²) < 4.78 is 7.81. The number of hydrogen-bond donors (Lipinski definition) is 1. The van der Waals surface area contributed by atoms with Crippen molar-refractivity contribution in [2.24, 2.45) is 18.9 Å². The first-order valence-corrected chi connectivity index (χ1v) is 16.2. The first kappa shape index (κ1) is 32.2. The third kappa shape index (κ3) is 7.89. The van der Waals surface area contributed by atoms with Crippen LogP contribution >= 0.6 is 11.6 Å². The van der Waals surface area contributed by atoms with Gasteiger partial charge in [0.15, 0.2) is 0 Å². The molecule has 0 radical (unpaired) electrons. The highest BCUT2D eigenvalue weighted by atomic mass is 35.5. The van der Waals surface area contributed by atoms with Crippen molar-refractivity contribution in [3.05, 3.63) is 82.1 Å². The summed E-state index contributed by atoms with van der Waals surface area (Å²) in [6, 6.07) is 20.2. The van der Waals surface area contributed by atoms with Crippen molar-refractivity contribution in [3.8, 4) is 0 Å². The molecule has 236 valence electrons. The predicted molar refractivity (Wildman–Crippen MR) is 175 cm³/mol. The minimum atomic E-state index is -0.637. The van der Waals surface area contributed by atoms with Crippen LogP contribution in [0, 0.1) is 11.8 Å². The third-order valence-electron chi connectivity index (χ3n) is 9.28. The van der Waals surface area contributed by atoms with Crippen molar-refractivity contribution < 1.29 is 14.3 Å². The van der Waals surface area contributed by atoms with E-state index < -0.39 is 5.60 Å². The van der Waals surface area contributed by atoms with Gasteiger partial charge in [0.2, 0.25) is 5.24 Å². The summed E-state index contributed by atoms with van der Waals surface area (Å²) in [6.07, 6.45) is 4.05. The van der Waals surface area contributed by atoms with Gasteiger partial charge >= 0.3 is 6.09 Å². The number of para-hydroxylation sites is 1. The summed E-state index contributed by atoms with van der Waals surface area (Å²) in [5.74, 6) is 0.226. The van der Waals surface area contributed by atoms with Crippen LogP contribution in [-0.2, 0) is 23.1 Å². The summed E-state index contributed by atoms with van der Waals surface area (Å²) in [4.78, 5) is 42.3. The molecule has 3 unspecified atom stereocenters. The Balaban J connectivity index is 1.18. The Kier molecular flexibility index (Phi) is 10.4. The van der Waals surface area contributed by atoms with E-state index >= 15 is 0 Å². The Bertz CT molecular complexity index is 1510. The van der Waals surface area contributed by atoms with Crippen LogP contribution in [0.3, 0.4) is 0 Å². The molecule has 9 heteroatoms. The maximum Gasteiger partial charge on any atom is 0.410 e. The van der Waals surface area contributed by atoms with Crippen LogP contribution in [-0.4, -0.2) is 64.0 Å². The molecule has 2 fully saturated rings. The van der Waals surface area contributed by atoms with Gasteiger partial charge in [0.1, 0.15) is 5.60 Å². The molecule has 3 atom stereocenters. The number of ether oxygens (including phenoxy) is 1. The van der Waals surface area contributed by atoms with Crippen LogP contribution in [0.15, 0.2) is 65.5 Å². The number of benzene rings is 2. The Morgan fingerprint density at radius 1 is 1.05 bits per heavy atom. The van der Waals surface area contributed by atoms with Gasteiger partial charge in [-0.2, -0.15) is 0 Å². The normalized spacial score (nSPS) is 21.4. The number of halogens is 1. The number of aryl methyl sites for hydroxylation is 1. The number of aromatic nitrogens is 1. The summed E-state index contributed by atoms with van der Waals surface area (Å²) >= 11 is 5.80. The van der Waals surface area contributed by atoms with Crippen LogP contribution in [0.25, 0.3) is 10.9 Å². The van der Waals surface area contributed by atoms with Crippen molar-refractivity contribution in [2.45, 2.75) is 64.1 Å². The quantitative estimate of drug-likeness (QED) is 0.226. The first-order chi connectivity index (χ1) is 21.1. The van der Waals surface area contributed by atoms with Gasteiger partial charge in [0.05, 0.1) is 11.6 Å². The Morgan fingerprint density at radius 3 is 2.57 bits per heavy atom. The van der Waals surface area contributed by atoms with E-state index in [9.17, 15) is 14.4 Å². The number of carbonyl (C=O) groups excluding carboxylic acids is 2. The molecular weight excluding hydrogens is 576 g/mol.